The van der Waals surface area contributed by atoms with Gasteiger partial charge >= 0.3 is 6.01 Å². The highest BCUT2D eigenvalue weighted by Crippen LogP contribution is 2.18. The maximum absolute atomic E-state index is 5.34. The van der Waals surface area contributed by atoms with Crippen LogP contribution in [0.2, 0.25) is 0 Å². The van der Waals surface area contributed by atoms with E-state index in [1.165, 1.54) is 0 Å². The predicted molar refractivity (Wildman–Crippen MR) is 50.3 cm³/mol. The van der Waals surface area contributed by atoms with Crippen molar-refractivity contribution in [3.05, 3.63) is 11.8 Å². The minimum Gasteiger partial charge on any atom is -0.402 e. The highest BCUT2D eigenvalue weighted by Gasteiger charge is 2.12. The Morgan fingerprint density at radius 3 is 2.79 bits per heavy atom. The van der Waals surface area contributed by atoms with Crippen molar-refractivity contribution in [2.45, 2.75) is 13.3 Å². The Morgan fingerprint density at radius 2 is 2.29 bits per heavy atom. The molecule has 0 amide bonds. The Bertz CT molecular complexity index is 444. The Morgan fingerprint density at radius 1 is 1.50 bits per heavy atom. The number of aromatic nitrogens is 4. The van der Waals surface area contributed by atoms with Crippen molar-refractivity contribution in [1.29, 1.82) is 0 Å². The Balaban J connectivity index is 2.45. The molecule has 0 bridgehead atoms. The second-order valence-corrected chi connectivity index (χ2v) is 2.94. The summed E-state index contributed by atoms with van der Waals surface area (Å²) in [4.78, 5) is 0. The quantitative estimate of drug-likeness (QED) is 0.755. The van der Waals surface area contributed by atoms with Crippen LogP contribution >= 0.6 is 0 Å². The standard InChI is InChI=1S/C8H11N5O/c1-3-5-4-6(13(2)12-5)7-10-11-8(9)14-7/h4H,3H2,1-2H3,(H2,9,11). The van der Waals surface area contributed by atoms with Crippen molar-refractivity contribution in [1.82, 2.24) is 20.0 Å². The fourth-order valence-corrected chi connectivity index (χ4v) is 1.24. The van der Waals surface area contributed by atoms with E-state index in [0.29, 0.717) is 5.89 Å². The van der Waals surface area contributed by atoms with Crippen molar-refractivity contribution in [3.8, 4) is 11.6 Å². The van der Waals surface area contributed by atoms with E-state index in [1.807, 2.05) is 20.0 Å². The van der Waals surface area contributed by atoms with Crippen LogP contribution in [0.15, 0.2) is 10.5 Å². The molecule has 0 aliphatic heterocycles. The summed E-state index contributed by atoms with van der Waals surface area (Å²) in [6.45, 7) is 2.04. The van der Waals surface area contributed by atoms with E-state index in [0.717, 1.165) is 17.8 Å². The molecule has 2 N–H and O–H groups in total. The molecule has 14 heavy (non-hydrogen) atoms. The molecule has 0 spiro atoms. The van der Waals surface area contributed by atoms with Crippen LogP contribution in [-0.4, -0.2) is 20.0 Å². The fraction of sp³-hybridized carbons (Fsp3) is 0.375. The second kappa shape index (κ2) is 3.13. The first-order chi connectivity index (χ1) is 6.70. The van der Waals surface area contributed by atoms with Gasteiger partial charge in [0.05, 0.1) is 5.69 Å². The van der Waals surface area contributed by atoms with Crippen molar-refractivity contribution < 1.29 is 4.42 Å². The molecule has 0 radical (unpaired) electrons. The molecule has 6 heteroatoms. The van der Waals surface area contributed by atoms with Gasteiger partial charge in [0.25, 0.3) is 5.89 Å². The van der Waals surface area contributed by atoms with E-state index >= 15 is 0 Å². The van der Waals surface area contributed by atoms with Crippen molar-refractivity contribution in [3.63, 3.8) is 0 Å². The number of hydrogen-bond acceptors (Lipinski definition) is 5. The van der Waals surface area contributed by atoms with Gasteiger partial charge in [-0.2, -0.15) is 5.10 Å². The lowest BCUT2D eigenvalue weighted by Crippen LogP contribution is -1.94. The zero-order chi connectivity index (χ0) is 10.1. The van der Waals surface area contributed by atoms with Crippen LogP contribution in [-0.2, 0) is 13.5 Å². The second-order valence-electron chi connectivity index (χ2n) is 2.94. The number of nitrogen functional groups attached to an aromatic ring is 1. The zero-order valence-corrected chi connectivity index (χ0v) is 8.06. The molecule has 2 rings (SSSR count). The average molecular weight is 193 g/mol. The minimum absolute atomic E-state index is 0.0687. The SMILES string of the molecule is CCc1cc(-c2nnc(N)o2)n(C)n1. The van der Waals surface area contributed by atoms with Gasteiger partial charge in [-0.15, -0.1) is 5.10 Å². The number of nitrogens with zero attached hydrogens (tertiary/aromatic N) is 4. The lowest BCUT2D eigenvalue weighted by molar-refractivity contribution is 0.580. The smallest absolute Gasteiger partial charge is 0.313 e. The number of hydrogen-bond donors (Lipinski definition) is 1. The molecule has 2 aromatic heterocycles. The van der Waals surface area contributed by atoms with Crippen molar-refractivity contribution in [2.75, 3.05) is 5.73 Å². The molecule has 0 aliphatic rings. The van der Waals surface area contributed by atoms with E-state index in [9.17, 15) is 0 Å². The molecule has 0 aromatic carbocycles. The van der Waals surface area contributed by atoms with E-state index in [4.69, 9.17) is 10.2 Å². The number of nitrogens with two attached hydrogens (primary N) is 1. The summed E-state index contributed by atoms with van der Waals surface area (Å²) in [7, 11) is 1.83. The van der Waals surface area contributed by atoms with Crippen LogP contribution in [0, 0.1) is 0 Å². The van der Waals surface area contributed by atoms with Gasteiger partial charge in [0.2, 0.25) is 0 Å². The van der Waals surface area contributed by atoms with E-state index < -0.39 is 0 Å². The maximum atomic E-state index is 5.34. The largest absolute Gasteiger partial charge is 0.402 e. The van der Waals surface area contributed by atoms with Gasteiger partial charge in [-0.3, -0.25) is 4.68 Å². The van der Waals surface area contributed by atoms with Gasteiger partial charge in [-0.25, -0.2) is 0 Å². The van der Waals surface area contributed by atoms with Crippen LogP contribution in [0.3, 0.4) is 0 Å². The van der Waals surface area contributed by atoms with Crippen molar-refractivity contribution in [2.24, 2.45) is 7.05 Å². The monoisotopic (exact) mass is 193 g/mol. The molecule has 0 saturated carbocycles. The third-order valence-electron chi connectivity index (χ3n) is 1.95. The number of anilines is 1. The summed E-state index contributed by atoms with van der Waals surface area (Å²) < 4.78 is 6.80. The molecule has 0 saturated heterocycles. The van der Waals surface area contributed by atoms with Gasteiger partial charge in [0.1, 0.15) is 5.69 Å². The average Bonchev–Trinajstić information content (AvgIpc) is 2.71. The summed E-state index contributed by atoms with van der Waals surface area (Å²) in [5, 5.41) is 11.6. The highest BCUT2D eigenvalue weighted by molar-refractivity contribution is 5.48. The molecule has 0 fully saturated rings. The van der Waals surface area contributed by atoms with E-state index in [1.54, 1.807) is 4.68 Å². The first-order valence-corrected chi connectivity index (χ1v) is 4.33. The van der Waals surface area contributed by atoms with Crippen LogP contribution in [0.25, 0.3) is 11.6 Å². The number of aryl methyl sites for hydroxylation is 2. The minimum atomic E-state index is 0.0687. The molecule has 2 aromatic rings. The first kappa shape index (κ1) is 8.74. The van der Waals surface area contributed by atoms with Gasteiger partial charge in [-0.05, 0) is 12.5 Å². The normalized spacial score (nSPS) is 10.7. The molecule has 0 aliphatic carbocycles. The molecule has 2 heterocycles. The summed E-state index contributed by atoms with van der Waals surface area (Å²) >= 11 is 0. The van der Waals surface area contributed by atoms with Crippen LogP contribution in [0.4, 0.5) is 6.01 Å². The van der Waals surface area contributed by atoms with E-state index in [2.05, 4.69) is 15.3 Å². The summed E-state index contributed by atoms with van der Waals surface area (Å²) in [6, 6.07) is 1.98. The Hall–Kier alpha value is -1.85. The molecule has 6 nitrogen and oxygen atoms in total. The van der Waals surface area contributed by atoms with Crippen LogP contribution in [0.1, 0.15) is 12.6 Å². The Labute approximate surface area is 80.7 Å². The molecular weight excluding hydrogens is 182 g/mol. The summed E-state index contributed by atoms with van der Waals surface area (Å²) in [6.07, 6.45) is 0.872. The summed E-state index contributed by atoms with van der Waals surface area (Å²) in [5.74, 6) is 0.400. The highest BCUT2D eigenvalue weighted by atomic mass is 16.4. The lowest BCUT2D eigenvalue weighted by atomic mass is 10.3. The van der Waals surface area contributed by atoms with Crippen LogP contribution in [0.5, 0.6) is 0 Å². The molecule has 74 valence electrons. The maximum Gasteiger partial charge on any atom is 0.313 e. The summed E-state index contributed by atoms with van der Waals surface area (Å²) in [5.41, 5.74) is 7.10. The third-order valence-corrected chi connectivity index (χ3v) is 1.95. The number of rotatable bonds is 2. The first-order valence-electron chi connectivity index (χ1n) is 4.33. The predicted octanol–water partition coefficient (Wildman–Crippen LogP) is 0.615. The van der Waals surface area contributed by atoms with E-state index in [-0.39, 0.29) is 6.01 Å². The third kappa shape index (κ3) is 1.34. The van der Waals surface area contributed by atoms with Gasteiger partial charge in [0.15, 0.2) is 0 Å². The molecular formula is C8H11N5O. The van der Waals surface area contributed by atoms with Crippen molar-refractivity contribution >= 4 is 6.01 Å². The topological polar surface area (TPSA) is 82.8 Å². The van der Waals surface area contributed by atoms with Crippen LogP contribution < -0.4 is 5.73 Å². The Kier molecular flexibility index (Phi) is 1.95. The van der Waals surface area contributed by atoms with Gasteiger partial charge in [-0.1, -0.05) is 12.0 Å². The molecule has 0 unspecified atom stereocenters. The molecule has 0 atom stereocenters. The lowest BCUT2D eigenvalue weighted by Gasteiger charge is -1.92. The van der Waals surface area contributed by atoms with Gasteiger partial charge in [0, 0.05) is 7.05 Å². The zero-order valence-electron chi connectivity index (χ0n) is 8.06. The van der Waals surface area contributed by atoms with Gasteiger partial charge < -0.3 is 10.2 Å². The fourth-order valence-electron chi connectivity index (χ4n) is 1.24.